The van der Waals surface area contributed by atoms with E-state index in [4.69, 9.17) is 0 Å². The minimum atomic E-state index is 0.0422. The summed E-state index contributed by atoms with van der Waals surface area (Å²) in [4.78, 5) is 26.6. The molecule has 1 heterocycles. The second-order valence-corrected chi connectivity index (χ2v) is 4.76. The van der Waals surface area contributed by atoms with Crippen LogP contribution in [0.2, 0.25) is 0 Å². The molecule has 0 unspecified atom stereocenters. The van der Waals surface area contributed by atoms with Gasteiger partial charge in [-0.2, -0.15) is 0 Å². The Morgan fingerprint density at radius 2 is 2.06 bits per heavy atom. The molecule has 96 valence electrons. The molecule has 18 heavy (non-hydrogen) atoms. The number of pyridine rings is 1. The molecule has 0 spiro atoms. The highest BCUT2D eigenvalue weighted by Crippen LogP contribution is 2.17. The van der Waals surface area contributed by atoms with Gasteiger partial charge in [0.05, 0.1) is 6.54 Å². The topological polar surface area (TPSA) is 62.0 Å². The van der Waals surface area contributed by atoms with Crippen molar-refractivity contribution in [3.8, 4) is 0 Å². The summed E-state index contributed by atoms with van der Waals surface area (Å²) in [6.45, 7) is 3.94. The number of carbonyl (C=O) groups is 1. The van der Waals surface area contributed by atoms with E-state index in [-0.39, 0.29) is 17.3 Å². The van der Waals surface area contributed by atoms with Gasteiger partial charge in [-0.05, 0) is 26.7 Å². The summed E-state index contributed by atoms with van der Waals surface area (Å²) in [7, 11) is 0. The van der Waals surface area contributed by atoms with Crippen LogP contribution in [0.15, 0.2) is 23.1 Å². The summed E-state index contributed by atoms with van der Waals surface area (Å²) in [5.41, 5.74) is 2.20. The van der Waals surface area contributed by atoms with Gasteiger partial charge >= 0.3 is 0 Å². The fourth-order valence-corrected chi connectivity index (χ4v) is 2.14. The van der Waals surface area contributed by atoms with Gasteiger partial charge < -0.3 is 10.3 Å². The second kappa shape index (κ2) is 5.21. The van der Waals surface area contributed by atoms with Gasteiger partial charge in [0.2, 0.25) is 5.91 Å². The van der Waals surface area contributed by atoms with Crippen molar-refractivity contribution >= 4 is 5.91 Å². The number of H-pyrrole nitrogens is 1. The lowest BCUT2D eigenvalue weighted by molar-refractivity contribution is -0.124. The highest BCUT2D eigenvalue weighted by molar-refractivity contribution is 5.79. The zero-order chi connectivity index (χ0) is 13.1. The van der Waals surface area contributed by atoms with Gasteiger partial charge in [0, 0.05) is 28.9 Å². The molecule has 1 aliphatic carbocycles. The van der Waals surface area contributed by atoms with Gasteiger partial charge in [-0.3, -0.25) is 9.59 Å². The third-order valence-corrected chi connectivity index (χ3v) is 3.43. The Bertz CT molecular complexity index is 535. The van der Waals surface area contributed by atoms with Crippen molar-refractivity contribution < 1.29 is 4.79 Å². The normalized spacial score (nSPS) is 15.0. The van der Waals surface area contributed by atoms with Crippen LogP contribution in [0.3, 0.4) is 0 Å². The first kappa shape index (κ1) is 12.6. The number of aromatic amines is 1. The fourth-order valence-electron chi connectivity index (χ4n) is 2.14. The van der Waals surface area contributed by atoms with E-state index < -0.39 is 0 Å². The van der Waals surface area contributed by atoms with Crippen LogP contribution in [0.4, 0.5) is 0 Å². The summed E-state index contributed by atoms with van der Waals surface area (Å²) in [5.74, 6) is 0.114. The summed E-state index contributed by atoms with van der Waals surface area (Å²) < 4.78 is 0. The highest BCUT2D eigenvalue weighted by atomic mass is 16.1. The van der Waals surface area contributed by atoms with Gasteiger partial charge in [0.25, 0.3) is 0 Å². The molecule has 0 aliphatic heterocycles. The van der Waals surface area contributed by atoms with Crippen molar-refractivity contribution in [2.45, 2.75) is 33.2 Å². The molecule has 4 heteroatoms. The van der Waals surface area contributed by atoms with Crippen LogP contribution in [-0.4, -0.2) is 10.9 Å². The maximum Gasteiger partial charge on any atom is 0.224 e. The first-order valence-electron chi connectivity index (χ1n) is 6.20. The molecule has 0 fully saturated rings. The SMILES string of the molecule is Cc1c[nH]c(CNC(=O)C2CC=CC2)c(C)c1=O. The molecular formula is C14H18N2O2. The van der Waals surface area contributed by atoms with Crippen molar-refractivity contribution in [2.24, 2.45) is 5.92 Å². The molecule has 1 aromatic rings. The lowest BCUT2D eigenvalue weighted by atomic mass is 10.1. The van der Waals surface area contributed by atoms with Crippen LogP contribution in [0.5, 0.6) is 0 Å². The largest absolute Gasteiger partial charge is 0.363 e. The van der Waals surface area contributed by atoms with Crippen LogP contribution in [0.25, 0.3) is 0 Å². The molecule has 0 aromatic carbocycles. The number of nitrogens with one attached hydrogen (secondary N) is 2. The number of hydrogen-bond acceptors (Lipinski definition) is 2. The van der Waals surface area contributed by atoms with E-state index in [1.807, 2.05) is 12.2 Å². The van der Waals surface area contributed by atoms with Crippen molar-refractivity contribution in [3.05, 3.63) is 45.4 Å². The molecule has 1 aliphatic rings. The Kier molecular flexibility index (Phi) is 3.65. The minimum Gasteiger partial charge on any atom is -0.363 e. The zero-order valence-corrected chi connectivity index (χ0v) is 10.7. The quantitative estimate of drug-likeness (QED) is 0.795. The molecule has 1 aromatic heterocycles. The van der Waals surface area contributed by atoms with Gasteiger partial charge in [-0.15, -0.1) is 0 Å². The summed E-state index contributed by atoms with van der Waals surface area (Å²) in [6, 6.07) is 0. The van der Waals surface area contributed by atoms with E-state index in [0.717, 1.165) is 18.5 Å². The van der Waals surface area contributed by atoms with Gasteiger partial charge in [0.15, 0.2) is 5.43 Å². The second-order valence-electron chi connectivity index (χ2n) is 4.76. The maximum absolute atomic E-state index is 11.8. The molecule has 4 nitrogen and oxygen atoms in total. The smallest absolute Gasteiger partial charge is 0.224 e. The predicted molar refractivity (Wildman–Crippen MR) is 70.2 cm³/mol. The highest BCUT2D eigenvalue weighted by Gasteiger charge is 2.19. The van der Waals surface area contributed by atoms with Crippen LogP contribution in [0.1, 0.15) is 29.7 Å². The van der Waals surface area contributed by atoms with Crippen LogP contribution < -0.4 is 10.7 Å². The summed E-state index contributed by atoms with van der Waals surface area (Å²) in [5, 5.41) is 2.88. The predicted octanol–water partition coefficient (Wildman–Crippen LogP) is 1.57. The van der Waals surface area contributed by atoms with Crippen molar-refractivity contribution in [2.75, 3.05) is 0 Å². The first-order chi connectivity index (χ1) is 8.59. The third kappa shape index (κ3) is 2.53. The van der Waals surface area contributed by atoms with E-state index in [1.165, 1.54) is 0 Å². The van der Waals surface area contributed by atoms with Gasteiger partial charge in [-0.1, -0.05) is 12.2 Å². The monoisotopic (exact) mass is 246 g/mol. The van der Waals surface area contributed by atoms with E-state index in [0.29, 0.717) is 17.7 Å². The molecule has 2 rings (SSSR count). The lowest BCUT2D eigenvalue weighted by Crippen LogP contribution is -2.30. The van der Waals surface area contributed by atoms with Crippen molar-refractivity contribution in [3.63, 3.8) is 0 Å². The Hall–Kier alpha value is -1.84. The number of amides is 1. The molecule has 0 radical (unpaired) electrons. The van der Waals surface area contributed by atoms with E-state index in [2.05, 4.69) is 10.3 Å². The first-order valence-corrected chi connectivity index (χ1v) is 6.20. The summed E-state index contributed by atoms with van der Waals surface area (Å²) in [6.07, 6.45) is 7.38. The van der Waals surface area contributed by atoms with Gasteiger partial charge in [0.1, 0.15) is 0 Å². The average molecular weight is 246 g/mol. The van der Waals surface area contributed by atoms with Crippen LogP contribution in [0, 0.1) is 19.8 Å². The molecule has 2 N–H and O–H groups in total. The molecular weight excluding hydrogens is 228 g/mol. The Morgan fingerprint density at radius 3 is 2.72 bits per heavy atom. The fraction of sp³-hybridized carbons (Fsp3) is 0.429. The molecule has 1 amide bonds. The lowest BCUT2D eigenvalue weighted by Gasteiger charge is -2.12. The average Bonchev–Trinajstić information content (AvgIpc) is 2.89. The van der Waals surface area contributed by atoms with Gasteiger partial charge in [-0.25, -0.2) is 0 Å². The zero-order valence-electron chi connectivity index (χ0n) is 10.7. The minimum absolute atomic E-state index is 0.0422. The molecule has 0 saturated carbocycles. The Labute approximate surface area is 106 Å². The Balaban J connectivity index is 2.00. The molecule has 0 atom stereocenters. The number of allylic oxidation sites excluding steroid dienone is 2. The van der Waals surface area contributed by atoms with E-state index >= 15 is 0 Å². The molecule has 0 saturated heterocycles. The third-order valence-electron chi connectivity index (χ3n) is 3.43. The number of hydrogen-bond donors (Lipinski definition) is 2. The van der Waals surface area contributed by atoms with Crippen LogP contribution >= 0.6 is 0 Å². The van der Waals surface area contributed by atoms with E-state index in [1.54, 1.807) is 20.0 Å². The van der Waals surface area contributed by atoms with Crippen molar-refractivity contribution in [1.29, 1.82) is 0 Å². The summed E-state index contributed by atoms with van der Waals surface area (Å²) >= 11 is 0. The Morgan fingerprint density at radius 1 is 1.39 bits per heavy atom. The number of rotatable bonds is 3. The molecule has 0 bridgehead atoms. The number of carbonyl (C=O) groups excluding carboxylic acids is 1. The van der Waals surface area contributed by atoms with Crippen LogP contribution in [-0.2, 0) is 11.3 Å². The van der Waals surface area contributed by atoms with Crippen molar-refractivity contribution in [1.82, 2.24) is 10.3 Å². The standard InChI is InChI=1S/C14H18N2O2/c1-9-7-15-12(10(2)13(9)17)8-16-14(18)11-5-3-4-6-11/h3-4,7,11H,5-6,8H2,1-2H3,(H,15,17)(H,16,18). The maximum atomic E-state index is 11.8. The van der Waals surface area contributed by atoms with E-state index in [9.17, 15) is 9.59 Å². The number of aryl methyl sites for hydroxylation is 1. The number of aromatic nitrogens is 1.